The van der Waals surface area contributed by atoms with Crippen molar-refractivity contribution in [2.75, 3.05) is 13.7 Å². The van der Waals surface area contributed by atoms with Gasteiger partial charge >= 0.3 is 5.97 Å². The fourth-order valence-electron chi connectivity index (χ4n) is 2.04. The van der Waals surface area contributed by atoms with Crippen molar-refractivity contribution in [1.82, 2.24) is 9.88 Å². The van der Waals surface area contributed by atoms with Gasteiger partial charge in [0.15, 0.2) is 6.61 Å². The van der Waals surface area contributed by atoms with Crippen LogP contribution in [0.25, 0.3) is 0 Å². The minimum absolute atomic E-state index is 0.122. The molecule has 0 aliphatic heterocycles. The average molecular weight is 435 g/mol. The molecule has 5 nitrogen and oxygen atoms in total. The first-order valence-corrected chi connectivity index (χ1v) is 9.16. The van der Waals surface area contributed by atoms with E-state index in [9.17, 15) is 18.4 Å². The van der Waals surface area contributed by atoms with Gasteiger partial charge in [-0.3, -0.25) is 4.79 Å². The van der Waals surface area contributed by atoms with Gasteiger partial charge in [-0.05, 0) is 41.6 Å². The first kappa shape index (κ1) is 21.4. The molecular weight excluding hydrogens is 421 g/mol. The first-order chi connectivity index (χ1) is 12.8. The SMILES string of the molecule is CN(Cc1ccc(Cl)c(Cl)c1)C(=O)COC(=O)c1cccnc1SC(F)F. The van der Waals surface area contributed by atoms with Gasteiger partial charge in [-0.15, -0.1) is 0 Å². The summed E-state index contributed by atoms with van der Waals surface area (Å²) in [4.78, 5) is 29.3. The highest BCUT2D eigenvalue weighted by molar-refractivity contribution is 7.99. The molecule has 0 atom stereocenters. The van der Waals surface area contributed by atoms with Gasteiger partial charge in [0, 0.05) is 19.8 Å². The topological polar surface area (TPSA) is 59.5 Å². The third kappa shape index (κ3) is 6.34. The predicted molar refractivity (Wildman–Crippen MR) is 99.3 cm³/mol. The molecule has 0 aliphatic carbocycles. The van der Waals surface area contributed by atoms with E-state index >= 15 is 0 Å². The lowest BCUT2D eigenvalue weighted by Gasteiger charge is -2.17. The average Bonchev–Trinajstić information content (AvgIpc) is 2.62. The Labute approximate surface area is 168 Å². The zero-order chi connectivity index (χ0) is 20.0. The first-order valence-electron chi connectivity index (χ1n) is 7.52. The quantitative estimate of drug-likeness (QED) is 0.473. The van der Waals surface area contributed by atoms with Crippen LogP contribution in [-0.4, -0.2) is 41.2 Å². The summed E-state index contributed by atoms with van der Waals surface area (Å²) in [5.41, 5.74) is 0.622. The molecule has 2 aromatic rings. The van der Waals surface area contributed by atoms with Crippen molar-refractivity contribution < 1.29 is 23.1 Å². The predicted octanol–water partition coefficient (Wildman–Crippen LogP) is 4.52. The fraction of sp³-hybridized carbons (Fsp3) is 0.235. The molecule has 1 amide bonds. The second kappa shape index (κ2) is 9.87. The summed E-state index contributed by atoms with van der Waals surface area (Å²) in [6, 6.07) is 7.69. The second-order valence-corrected chi connectivity index (χ2v) is 7.10. The van der Waals surface area contributed by atoms with Crippen molar-refractivity contribution >= 4 is 46.8 Å². The summed E-state index contributed by atoms with van der Waals surface area (Å²) in [6.45, 7) is -0.309. The molecule has 0 unspecified atom stereocenters. The van der Waals surface area contributed by atoms with Crippen LogP contribution in [0.5, 0.6) is 0 Å². The smallest absolute Gasteiger partial charge is 0.341 e. The lowest BCUT2D eigenvalue weighted by molar-refractivity contribution is -0.133. The molecular formula is C17H14Cl2F2N2O3S. The number of esters is 1. The van der Waals surface area contributed by atoms with Gasteiger partial charge in [0.2, 0.25) is 0 Å². The normalized spacial score (nSPS) is 10.7. The Bertz CT molecular complexity index is 840. The zero-order valence-electron chi connectivity index (χ0n) is 14.0. The number of benzene rings is 1. The molecule has 0 N–H and O–H groups in total. The van der Waals surface area contributed by atoms with Gasteiger partial charge < -0.3 is 9.64 Å². The molecule has 0 bridgehead atoms. The molecule has 0 saturated heterocycles. The van der Waals surface area contributed by atoms with Crippen LogP contribution in [0.3, 0.4) is 0 Å². The number of aromatic nitrogens is 1. The zero-order valence-corrected chi connectivity index (χ0v) is 16.3. The summed E-state index contributed by atoms with van der Waals surface area (Å²) in [5, 5.41) is 0.605. The molecule has 1 aromatic carbocycles. The molecule has 0 fully saturated rings. The fourth-order valence-corrected chi connectivity index (χ4v) is 2.93. The number of thioether (sulfide) groups is 1. The highest BCUT2D eigenvalue weighted by atomic mass is 35.5. The number of hydrogen-bond donors (Lipinski definition) is 0. The van der Waals surface area contributed by atoms with E-state index in [0.717, 1.165) is 5.56 Å². The van der Waals surface area contributed by atoms with Gasteiger partial charge in [0.1, 0.15) is 5.03 Å². The van der Waals surface area contributed by atoms with Crippen LogP contribution in [0, 0.1) is 0 Å². The number of pyridine rings is 1. The van der Waals surface area contributed by atoms with Gasteiger partial charge in [-0.25, -0.2) is 9.78 Å². The number of carbonyl (C=O) groups is 2. The molecule has 27 heavy (non-hydrogen) atoms. The van der Waals surface area contributed by atoms with Crippen molar-refractivity contribution in [1.29, 1.82) is 0 Å². The van der Waals surface area contributed by atoms with Crippen molar-refractivity contribution in [2.24, 2.45) is 0 Å². The number of likely N-dealkylation sites (N-methyl/N-ethyl adjacent to an activating group) is 1. The maximum absolute atomic E-state index is 12.5. The maximum atomic E-state index is 12.5. The molecule has 2 rings (SSSR count). The number of hydrogen-bond acceptors (Lipinski definition) is 5. The number of carbonyl (C=O) groups excluding carboxylic acids is 2. The number of nitrogens with zero attached hydrogens (tertiary/aromatic N) is 2. The number of rotatable bonds is 7. The number of halogens is 4. The van der Waals surface area contributed by atoms with E-state index in [-0.39, 0.29) is 28.9 Å². The maximum Gasteiger partial charge on any atom is 0.341 e. The van der Waals surface area contributed by atoms with E-state index in [1.807, 2.05) is 0 Å². The summed E-state index contributed by atoms with van der Waals surface area (Å²) in [6.07, 6.45) is 1.29. The van der Waals surface area contributed by atoms with Crippen molar-refractivity contribution in [3.63, 3.8) is 0 Å². The van der Waals surface area contributed by atoms with Gasteiger partial charge in [0.05, 0.1) is 15.6 Å². The summed E-state index contributed by atoms with van der Waals surface area (Å²) in [5.74, 6) is -4.10. The lowest BCUT2D eigenvalue weighted by atomic mass is 10.2. The minimum atomic E-state index is -2.73. The monoisotopic (exact) mass is 434 g/mol. The number of alkyl halides is 2. The Balaban J connectivity index is 1.94. The second-order valence-electron chi connectivity index (χ2n) is 5.31. The molecule has 1 aromatic heterocycles. The van der Waals surface area contributed by atoms with Crippen molar-refractivity contribution in [2.45, 2.75) is 17.3 Å². The standard InChI is InChI=1S/C17H14Cl2F2N2O3S/c1-23(8-10-4-5-12(18)13(19)7-10)14(24)9-26-16(25)11-3-2-6-22-15(11)27-17(20)21/h2-7,17H,8-9H2,1H3. The van der Waals surface area contributed by atoms with Crippen LogP contribution in [0.1, 0.15) is 15.9 Å². The highest BCUT2D eigenvalue weighted by Crippen LogP contribution is 2.26. The van der Waals surface area contributed by atoms with Crippen LogP contribution in [-0.2, 0) is 16.1 Å². The molecule has 0 saturated carbocycles. The van der Waals surface area contributed by atoms with Gasteiger partial charge in [-0.1, -0.05) is 29.3 Å². The molecule has 10 heteroatoms. The Morgan fingerprint density at radius 3 is 2.67 bits per heavy atom. The van der Waals surface area contributed by atoms with E-state index in [2.05, 4.69) is 4.98 Å². The van der Waals surface area contributed by atoms with Crippen LogP contribution >= 0.6 is 35.0 Å². The van der Waals surface area contributed by atoms with E-state index in [1.165, 1.54) is 30.3 Å². The lowest BCUT2D eigenvalue weighted by Crippen LogP contribution is -2.31. The van der Waals surface area contributed by atoms with E-state index < -0.39 is 24.2 Å². The van der Waals surface area contributed by atoms with Gasteiger partial charge in [0.25, 0.3) is 11.7 Å². The van der Waals surface area contributed by atoms with Crippen molar-refractivity contribution in [3.8, 4) is 0 Å². The van der Waals surface area contributed by atoms with E-state index in [1.54, 1.807) is 18.2 Å². The number of ether oxygens (including phenoxy) is 1. The van der Waals surface area contributed by atoms with E-state index in [0.29, 0.717) is 10.0 Å². The third-order valence-corrected chi connectivity index (χ3v) is 4.81. The summed E-state index contributed by atoms with van der Waals surface area (Å²) < 4.78 is 30.0. The van der Waals surface area contributed by atoms with Gasteiger partial charge in [-0.2, -0.15) is 8.78 Å². The summed E-state index contributed by atoms with van der Waals surface area (Å²) >= 11 is 11.9. The van der Waals surface area contributed by atoms with Crippen LogP contribution in [0.2, 0.25) is 10.0 Å². The molecule has 0 aliphatic rings. The Morgan fingerprint density at radius 2 is 2.00 bits per heavy atom. The minimum Gasteiger partial charge on any atom is -0.452 e. The van der Waals surface area contributed by atoms with Crippen molar-refractivity contribution in [3.05, 3.63) is 57.7 Å². The molecule has 0 radical (unpaired) electrons. The Morgan fingerprint density at radius 1 is 1.26 bits per heavy atom. The number of amides is 1. The summed E-state index contributed by atoms with van der Waals surface area (Å²) in [7, 11) is 1.53. The highest BCUT2D eigenvalue weighted by Gasteiger charge is 2.19. The Hall–Kier alpha value is -1.90. The third-order valence-electron chi connectivity index (χ3n) is 3.35. The molecule has 1 heterocycles. The largest absolute Gasteiger partial charge is 0.452 e. The van der Waals surface area contributed by atoms with Crippen LogP contribution in [0.4, 0.5) is 8.78 Å². The van der Waals surface area contributed by atoms with E-state index in [4.69, 9.17) is 27.9 Å². The molecule has 0 spiro atoms. The van der Waals surface area contributed by atoms with Crippen LogP contribution < -0.4 is 0 Å². The van der Waals surface area contributed by atoms with Crippen LogP contribution in [0.15, 0.2) is 41.6 Å². The Kier molecular flexibility index (Phi) is 7.82. The molecule has 144 valence electrons.